The van der Waals surface area contributed by atoms with E-state index >= 15 is 0 Å². The molecular formula is C20H12N2S. The van der Waals surface area contributed by atoms with Crippen LogP contribution in [-0.4, -0.2) is 4.98 Å². The van der Waals surface area contributed by atoms with E-state index in [9.17, 15) is 5.26 Å². The van der Waals surface area contributed by atoms with Crippen LogP contribution in [0.2, 0.25) is 0 Å². The second kappa shape index (κ2) is 5.68. The zero-order valence-electron chi connectivity index (χ0n) is 12.2. The number of rotatable bonds is 2. The minimum atomic E-state index is 0.599. The van der Waals surface area contributed by atoms with E-state index in [4.69, 9.17) is 0 Å². The maximum absolute atomic E-state index is 9.53. The van der Waals surface area contributed by atoms with Crippen LogP contribution in [0.3, 0.4) is 0 Å². The number of benzene rings is 3. The number of thiazole rings is 1. The van der Waals surface area contributed by atoms with Gasteiger partial charge in [0.05, 0.1) is 15.8 Å². The van der Waals surface area contributed by atoms with E-state index < -0.39 is 0 Å². The van der Waals surface area contributed by atoms with Gasteiger partial charge >= 0.3 is 0 Å². The van der Waals surface area contributed by atoms with Crippen LogP contribution in [0.25, 0.3) is 32.6 Å². The first kappa shape index (κ1) is 13.7. The third-order valence-corrected chi connectivity index (χ3v) is 4.80. The number of nitriles is 1. The molecule has 4 aromatic rings. The Morgan fingerprint density at radius 3 is 2.57 bits per heavy atom. The van der Waals surface area contributed by atoms with Crippen LogP contribution in [0.1, 0.15) is 10.6 Å². The fraction of sp³-hybridized carbons (Fsp3) is 0. The summed E-state index contributed by atoms with van der Waals surface area (Å²) in [6, 6.07) is 24.7. The molecule has 0 aliphatic heterocycles. The second-order valence-corrected chi connectivity index (χ2v) is 6.29. The molecular weight excluding hydrogens is 300 g/mol. The van der Waals surface area contributed by atoms with Gasteiger partial charge in [-0.15, -0.1) is 11.3 Å². The van der Waals surface area contributed by atoms with Crippen LogP contribution in [0.5, 0.6) is 0 Å². The number of hydrogen-bond donors (Lipinski definition) is 0. The van der Waals surface area contributed by atoms with Gasteiger partial charge in [-0.1, -0.05) is 48.5 Å². The number of fused-ring (bicyclic) bond motifs is 2. The third kappa shape index (κ3) is 2.61. The summed E-state index contributed by atoms with van der Waals surface area (Å²) in [5, 5.41) is 12.7. The summed E-state index contributed by atoms with van der Waals surface area (Å²) in [4.78, 5) is 4.57. The Balaban J connectivity index is 1.81. The monoisotopic (exact) mass is 312 g/mol. The summed E-state index contributed by atoms with van der Waals surface area (Å²) in [7, 11) is 0. The van der Waals surface area contributed by atoms with E-state index in [2.05, 4.69) is 35.3 Å². The van der Waals surface area contributed by atoms with Crippen molar-refractivity contribution in [2.75, 3.05) is 0 Å². The number of hydrogen-bond acceptors (Lipinski definition) is 3. The van der Waals surface area contributed by atoms with Crippen molar-refractivity contribution in [3.8, 4) is 6.07 Å². The average molecular weight is 312 g/mol. The highest BCUT2D eigenvalue weighted by Gasteiger charge is 2.08. The van der Waals surface area contributed by atoms with Crippen molar-refractivity contribution in [3.63, 3.8) is 0 Å². The lowest BCUT2D eigenvalue weighted by atomic mass is 10.1. The molecule has 0 aliphatic rings. The predicted molar refractivity (Wildman–Crippen MR) is 97.1 cm³/mol. The van der Waals surface area contributed by atoms with Gasteiger partial charge in [-0.3, -0.25) is 0 Å². The van der Waals surface area contributed by atoms with Crippen LogP contribution in [0.15, 0.2) is 66.7 Å². The minimum Gasteiger partial charge on any atom is -0.235 e. The van der Waals surface area contributed by atoms with E-state index in [1.807, 2.05) is 48.5 Å². The van der Waals surface area contributed by atoms with Gasteiger partial charge in [0.2, 0.25) is 0 Å². The zero-order chi connectivity index (χ0) is 15.6. The summed E-state index contributed by atoms with van der Waals surface area (Å²) in [6.45, 7) is 0. The largest absolute Gasteiger partial charge is 0.235 e. The van der Waals surface area contributed by atoms with Crippen LogP contribution in [0.4, 0.5) is 0 Å². The number of nitrogens with zero attached hydrogens (tertiary/aromatic N) is 2. The topological polar surface area (TPSA) is 36.7 Å². The van der Waals surface area contributed by atoms with Crippen LogP contribution >= 0.6 is 11.3 Å². The molecule has 4 rings (SSSR count). The Bertz CT molecular complexity index is 1050. The fourth-order valence-corrected chi connectivity index (χ4v) is 3.53. The molecule has 0 amide bonds. The fourth-order valence-electron chi connectivity index (χ4n) is 2.59. The maximum Gasteiger partial charge on any atom is 0.135 e. The van der Waals surface area contributed by atoms with Crippen LogP contribution in [0, 0.1) is 11.3 Å². The molecule has 0 saturated heterocycles. The van der Waals surface area contributed by atoms with E-state index in [1.165, 1.54) is 10.8 Å². The molecule has 0 atom stereocenters. The van der Waals surface area contributed by atoms with E-state index in [0.717, 1.165) is 20.8 Å². The molecule has 0 spiro atoms. The second-order valence-electron chi connectivity index (χ2n) is 5.26. The van der Waals surface area contributed by atoms with Gasteiger partial charge in [-0.05, 0) is 40.6 Å². The molecule has 3 heteroatoms. The summed E-state index contributed by atoms with van der Waals surface area (Å²) in [5.74, 6) is 0. The Morgan fingerprint density at radius 2 is 1.74 bits per heavy atom. The molecule has 0 radical (unpaired) electrons. The van der Waals surface area contributed by atoms with Crippen molar-refractivity contribution in [1.29, 1.82) is 5.26 Å². The van der Waals surface area contributed by atoms with Gasteiger partial charge in [0, 0.05) is 0 Å². The molecule has 0 saturated carbocycles. The first-order chi connectivity index (χ1) is 11.3. The van der Waals surface area contributed by atoms with Gasteiger partial charge in [-0.25, -0.2) is 4.98 Å². The SMILES string of the molecule is N#C/C(=C\c1ccc2ccccc2c1)c1nc2ccccc2s1. The number of allylic oxidation sites excluding steroid dienone is 1. The highest BCUT2D eigenvalue weighted by Crippen LogP contribution is 2.28. The molecule has 1 heterocycles. The molecule has 2 nitrogen and oxygen atoms in total. The third-order valence-electron chi connectivity index (χ3n) is 3.73. The summed E-state index contributed by atoms with van der Waals surface area (Å²) in [6.07, 6.45) is 1.91. The van der Waals surface area contributed by atoms with Gasteiger partial charge in [-0.2, -0.15) is 5.26 Å². The minimum absolute atomic E-state index is 0.599. The zero-order valence-corrected chi connectivity index (χ0v) is 13.0. The molecule has 1 aromatic heterocycles. The Morgan fingerprint density at radius 1 is 0.957 bits per heavy atom. The smallest absolute Gasteiger partial charge is 0.135 e. The standard InChI is InChI=1S/C20H12N2S/c21-13-17(20-22-18-7-3-4-8-19(18)23-20)12-14-9-10-15-5-1-2-6-16(15)11-14/h1-12H/b17-12+. The summed E-state index contributed by atoms with van der Waals surface area (Å²) in [5.41, 5.74) is 2.55. The van der Waals surface area contributed by atoms with Crippen molar-refractivity contribution in [1.82, 2.24) is 4.98 Å². The highest BCUT2D eigenvalue weighted by atomic mass is 32.1. The molecule has 0 N–H and O–H groups in total. The van der Waals surface area contributed by atoms with E-state index in [1.54, 1.807) is 11.3 Å². The Hall–Kier alpha value is -2.96. The Labute approximate surface area is 138 Å². The van der Waals surface area contributed by atoms with Gasteiger partial charge in [0.25, 0.3) is 0 Å². The van der Waals surface area contributed by atoms with E-state index in [0.29, 0.717) is 5.57 Å². The molecule has 0 aliphatic carbocycles. The number of aromatic nitrogens is 1. The summed E-state index contributed by atoms with van der Waals surface area (Å²) < 4.78 is 1.10. The normalized spacial score (nSPS) is 11.7. The predicted octanol–water partition coefficient (Wildman–Crippen LogP) is 5.51. The lowest BCUT2D eigenvalue weighted by Gasteiger charge is -2.00. The molecule has 0 bridgehead atoms. The van der Waals surface area contributed by atoms with Crippen molar-refractivity contribution in [3.05, 3.63) is 77.3 Å². The van der Waals surface area contributed by atoms with Gasteiger partial charge in [0.15, 0.2) is 0 Å². The molecule has 108 valence electrons. The van der Waals surface area contributed by atoms with Crippen molar-refractivity contribution >= 4 is 44.0 Å². The van der Waals surface area contributed by atoms with Gasteiger partial charge in [0.1, 0.15) is 11.1 Å². The average Bonchev–Trinajstić information content (AvgIpc) is 3.03. The van der Waals surface area contributed by atoms with Crippen LogP contribution in [-0.2, 0) is 0 Å². The lowest BCUT2D eigenvalue weighted by Crippen LogP contribution is -1.81. The van der Waals surface area contributed by atoms with Crippen molar-refractivity contribution in [2.45, 2.75) is 0 Å². The maximum atomic E-state index is 9.53. The number of para-hydroxylation sites is 1. The highest BCUT2D eigenvalue weighted by molar-refractivity contribution is 7.19. The molecule has 0 fully saturated rings. The molecule has 0 unspecified atom stereocenters. The van der Waals surface area contributed by atoms with Crippen molar-refractivity contribution < 1.29 is 0 Å². The van der Waals surface area contributed by atoms with E-state index in [-0.39, 0.29) is 0 Å². The first-order valence-electron chi connectivity index (χ1n) is 7.30. The molecule has 23 heavy (non-hydrogen) atoms. The molecule has 3 aromatic carbocycles. The van der Waals surface area contributed by atoms with Gasteiger partial charge < -0.3 is 0 Å². The lowest BCUT2D eigenvalue weighted by molar-refractivity contribution is 1.44. The van der Waals surface area contributed by atoms with Crippen molar-refractivity contribution in [2.24, 2.45) is 0 Å². The first-order valence-corrected chi connectivity index (χ1v) is 8.12. The quantitative estimate of drug-likeness (QED) is 0.457. The summed E-state index contributed by atoms with van der Waals surface area (Å²) >= 11 is 1.55. The Kier molecular flexibility index (Phi) is 3.38. The van der Waals surface area contributed by atoms with Crippen LogP contribution < -0.4 is 0 Å².